The fourth-order valence-corrected chi connectivity index (χ4v) is 5.83. The Kier molecular flexibility index (Phi) is 3.74. The molecule has 0 radical (unpaired) electrons. The van der Waals surface area contributed by atoms with Crippen molar-refractivity contribution >= 4 is 23.5 Å². The minimum Gasteiger partial charge on any atom is -0.338 e. The van der Waals surface area contributed by atoms with Crippen LogP contribution in [-0.4, -0.2) is 29.1 Å². The van der Waals surface area contributed by atoms with Gasteiger partial charge in [-0.2, -0.15) is 12.6 Å². The van der Waals surface area contributed by atoms with Crippen molar-refractivity contribution in [3.05, 3.63) is 71.4 Å². The molecule has 2 nitrogen and oxygen atoms in total. The number of aromatic nitrogens is 1. The lowest BCUT2D eigenvalue weighted by molar-refractivity contribution is 0.0973. The Morgan fingerprint density at radius 3 is 2.69 bits per heavy atom. The molecule has 2 aliphatic rings. The van der Waals surface area contributed by atoms with Gasteiger partial charge in [0.2, 0.25) is 0 Å². The van der Waals surface area contributed by atoms with Gasteiger partial charge in [-0.3, -0.25) is 0 Å². The SMILES string of the molecule is CN1C[C@@](C)(c2ccccc2)C[C@@H]2c3cccc4c3c(cn4CS)C[C@H]21. The highest BCUT2D eigenvalue weighted by Crippen LogP contribution is 2.49. The summed E-state index contributed by atoms with van der Waals surface area (Å²) in [6, 6.07) is 18.5. The number of benzene rings is 2. The molecule has 1 fully saturated rings. The molecule has 1 aliphatic heterocycles. The average molecular weight is 363 g/mol. The normalized spacial score (nSPS) is 28.3. The summed E-state index contributed by atoms with van der Waals surface area (Å²) >= 11 is 4.54. The molecule has 2 heterocycles. The first-order chi connectivity index (χ1) is 12.6. The molecule has 3 aromatic rings. The third kappa shape index (κ3) is 2.30. The maximum absolute atomic E-state index is 4.54. The van der Waals surface area contributed by atoms with Crippen molar-refractivity contribution in [1.82, 2.24) is 9.47 Å². The number of fused-ring (bicyclic) bond motifs is 2. The highest BCUT2D eigenvalue weighted by molar-refractivity contribution is 7.79. The molecule has 134 valence electrons. The number of piperidine rings is 1. The molecule has 0 saturated carbocycles. The van der Waals surface area contributed by atoms with Crippen LogP contribution in [-0.2, 0) is 17.7 Å². The molecule has 1 aliphatic carbocycles. The van der Waals surface area contributed by atoms with Crippen LogP contribution in [0.2, 0.25) is 0 Å². The van der Waals surface area contributed by atoms with Gasteiger partial charge in [0.1, 0.15) is 0 Å². The van der Waals surface area contributed by atoms with Gasteiger partial charge < -0.3 is 9.47 Å². The number of thiol groups is 1. The quantitative estimate of drug-likeness (QED) is 0.642. The third-order valence-corrected chi connectivity index (χ3v) is 7.07. The van der Waals surface area contributed by atoms with Crippen molar-refractivity contribution in [2.24, 2.45) is 0 Å². The number of likely N-dealkylation sites (N-methyl/N-ethyl adjacent to an activating group) is 1. The summed E-state index contributed by atoms with van der Waals surface area (Å²) < 4.78 is 2.30. The van der Waals surface area contributed by atoms with Crippen LogP contribution >= 0.6 is 12.6 Å². The molecule has 0 bridgehead atoms. The van der Waals surface area contributed by atoms with Gasteiger partial charge in [-0.1, -0.05) is 49.4 Å². The van der Waals surface area contributed by atoms with Crippen molar-refractivity contribution in [2.45, 2.75) is 43.0 Å². The molecule has 26 heavy (non-hydrogen) atoms. The molecule has 0 unspecified atom stereocenters. The molecule has 0 N–H and O–H groups in total. The Morgan fingerprint density at radius 2 is 1.92 bits per heavy atom. The standard InChI is InChI=1S/C23H26N2S/c1-23(17-7-4-3-5-8-17)12-19-18-9-6-10-20-22(18)16(13-25(20)15-26)11-21(19)24(2)14-23/h3-10,13,19,21,26H,11-12,14-15H2,1-2H3/t19-,21-,23+/m1/s1. The van der Waals surface area contributed by atoms with E-state index in [4.69, 9.17) is 0 Å². The zero-order valence-corrected chi connectivity index (χ0v) is 16.4. The highest BCUT2D eigenvalue weighted by atomic mass is 32.1. The van der Waals surface area contributed by atoms with E-state index in [0.717, 1.165) is 18.8 Å². The van der Waals surface area contributed by atoms with E-state index in [1.165, 1.54) is 28.5 Å². The fraction of sp³-hybridized carbons (Fsp3) is 0.391. The minimum absolute atomic E-state index is 0.197. The molecule has 1 aromatic heterocycles. The Bertz CT molecular complexity index is 961. The van der Waals surface area contributed by atoms with Gasteiger partial charge in [0.25, 0.3) is 0 Å². The van der Waals surface area contributed by atoms with Crippen LogP contribution in [0.4, 0.5) is 0 Å². The number of nitrogens with zero attached hydrogens (tertiary/aromatic N) is 2. The topological polar surface area (TPSA) is 8.17 Å². The zero-order chi connectivity index (χ0) is 17.9. The Balaban J connectivity index is 1.64. The van der Waals surface area contributed by atoms with Gasteiger partial charge in [0.15, 0.2) is 0 Å². The largest absolute Gasteiger partial charge is 0.338 e. The van der Waals surface area contributed by atoms with Crippen molar-refractivity contribution in [2.75, 3.05) is 13.6 Å². The van der Waals surface area contributed by atoms with Crippen molar-refractivity contribution in [3.63, 3.8) is 0 Å². The van der Waals surface area contributed by atoms with Crippen LogP contribution in [0.5, 0.6) is 0 Å². The monoisotopic (exact) mass is 362 g/mol. The van der Waals surface area contributed by atoms with Gasteiger partial charge in [0, 0.05) is 41.0 Å². The van der Waals surface area contributed by atoms with Crippen molar-refractivity contribution < 1.29 is 0 Å². The summed E-state index contributed by atoms with van der Waals surface area (Å²) in [5, 5.41) is 1.49. The molecular weight excluding hydrogens is 336 g/mol. The smallest absolute Gasteiger partial charge is 0.0653 e. The molecule has 3 heteroatoms. The van der Waals surface area contributed by atoms with Crippen LogP contribution in [0.15, 0.2) is 54.7 Å². The summed E-state index contributed by atoms with van der Waals surface area (Å²) in [7, 11) is 2.32. The summed E-state index contributed by atoms with van der Waals surface area (Å²) in [4.78, 5) is 2.61. The van der Waals surface area contributed by atoms with Crippen LogP contribution in [0.3, 0.4) is 0 Å². The average Bonchev–Trinajstić information content (AvgIpc) is 3.03. The van der Waals surface area contributed by atoms with E-state index in [2.05, 4.69) is 90.8 Å². The van der Waals surface area contributed by atoms with Crippen molar-refractivity contribution in [3.8, 4) is 0 Å². The Hall–Kier alpha value is -1.71. The number of hydrogen-bond donors (Lipinski definition) is 1. The van der Waals surface area contributed by atoms with E-state index in [-0.39, 0.29) is 5.41 Å². The van der Waals surface area contributed by atoms with Crippen LogP contribution < -0.4 is 0 Å². The lowest BCUT2D eigenvalue weighted by Crippen LogP contribution is -2.53. The van der Waals surface area contributed by atoms with Gasteiger partial charge in [0.05, 0.1) is 5.88 Å². The van der Waals surface area contributed by atoms with E-state index < -0.39 is 0 Å². The molecule has 0 spiro atoms. The molecule has 5 rings (SSSR count). The summed E-state index contributed by atoms with van der Waals surface area (Å²) in [5.74, 6) is 1.33. The van der Waals surface area contributed by atoms with Crippen molar-refractivity contribution in [1.29, 1.82) is 0 Å². The van der Waals surface area contributed by atoms with Gasteiger partial charge in [-0.15, -0.1) is 0 Å². The van der Waals surface area contributed by atoms with Crippen LogP contribution in [0, 0.1) is 0 Å². The van der Waals surface area contributed by atoms with E-state index in [1.807, 2.05) is 0 Å². The zero-order valence-electron chi connectivity index (χ0n) is 15.5. The number of hydrogen-bond acceptors (Lipinski definition) is 2. The summed E-state index contributed by atoms with van der Waals surface area (Å²) in [5.41, 5.74) is 6.06. The maximum Gasteiger partial charge on any atom is 0.0653 e. The first kappa shape index (κ1) is 16.5. The van der Waals surface area contributed by atoms with Gasteiger partial charge in [-0.05, 0) is 42.6 Å². The lowest BCUT2D eigenvalue weighted by Gasteiger charge is -2.50. The first-order valence-corrected chi connectivity index (χ1v) is 10.2. The van der Waals surface area contributed by atoms with Gasteiger partial charge >= 0.3 is 0 Å². The van der Waals surface area contributed by atoms with E-state index in [9.17, 15) is 0 Å². The second kappa shape index (κ2) is 5.90. The summed E-state index contributed by atoms with van der Waals surface area (Å²) in [6.07, 6.45) is 4.70. The van der Waals surface area contributed by atoms with Gasteiger partial charge in [-0.25, -0.2) is 0 Å². The predicted octanol–water partition coefficient (Wildman–Crippen LogP) is 4.83. The predicted molar refractivity (Wildman–Crippen MR) is 112 cm³/mol. The molecular formula is C23H26N2S. The second-order valence-electron chi connectivity index (χ2n) is 8.43. The van der Waals surface area contributed by atoms with E-state index >= 15 is 0 Å². The number of likely N-dealkylation sites (tertiary alicyclic amines) is 1. The molecule has 2 aromatic carbocycles. The fourth-order valence-electron chi connectivity index (χ4n) is 5.60. The van der Waals surface area contributed by atoms with E-state index in [0.29, 0.717) is 12.0 Å². The molecule has 3 atom stereocenters. The van der Waals surface area contributed by atoms with Crippen LogP contribution in [0.25, 0.3) is 10.9 Å². The van der Waals surface area contributed by atoms with E-state index in [1.54, 1.807) is 5.56 Å². The highest BCUT2D eigenvalue weighted by Gasteiger charge is 2.45. The Labute approximate surface area is 161 Å². The number of rotatable bonds is 2. The summed E-state index contributed by atoms with van der Waals surface area (Å²) in [6.45, 7) is 3.57. The van der Waals surface area contributed by atoms with Crippen LogP contribution in [0.1, 0.15) is 36.0 Å². The maximum atomic E-state index is 4.54. The molecule has 1 saturated heterocycles. The molecule has 0 amide bonds. The third-order valence-electron chi connectivity index (χ3n) is 6.77. The Morgan fingerprint density at radius 1 is 1.12 bits per heavy atom. The first-order valence-electron chi connectivity index (χ1n) is 9.58. The lowest BCUT2D eigenvalue weighted by atomic mass is 9.65. The minimum atomic E-state index is 0.197. The second-order valence-corrected chi connectivity index (χ2v) is 8.71.